The van der Waals surface area contributed by atoms with E-state index in [1.54, 1.807) is 14.0 Å². The van der Waals surface area contributed by atoms with Gasteiger partial charge in [-0.25, -0.2) is 0 Å². The second kappa shape index (κ2) is 5.74. The zero-order valence-electron chi connectivity index (χ0n) is 10.8. The van der Waals surface area contributed by atoms with Crippen molar-refractivity contribution in [2.24, 2.45) is 0 Å². The molecule has 4 heteroatoms. The maximum Gasteiger partial charge on any atom is 0.181 e. The predicted octanol–water partition coefficient (Wildman–Crippen LogP) is 2.24. The van der Waals surface area contributed by atoms with E-state index in [4.69, 9.17) is 14.7 Å². The minimum absolute atomic E-state index is 0.485. The lowest BCUT2D eigenvalue weighted by Crippen LogP contribution is -2.17. The number of nitrogens with one attached hydrogen (secondary N) is 1. The van der Waals surface area contributed by atoms with Crippen molar-refractivity contribution in [3.63, 3.8) is 0 Å². The summed E-state index contributed by atoms with van der Waals surface area (Å²) in [7, 11) is 1.61. The summed E-state index contributed by atoms with van der Waals surface area (Å²) in [5, 5.41) is 12.3. The zero-order chi connectivity index (χ0) is 13.0. The first-order chi connectivity index (χ1) is 8.74. The van der Waals surface area contributed by atoms with E-state index in [-0.39, 0.29) is 0 Å². The maximum atomic E-state index is 8.85. The quantitative estimate of drug-likeness (QED) is 0.836. The number of para-hydroxylation sites is 1. The van der Waals surface area contributed by atoms with Gasteiger partial charge >= 0.3 is 0 Å². The molecule has 1 fully saturated rings. The molecule has 96 valence electrons. The van der Waals surface area contributed by atoms with Crippen molar-refractivity contribution in [3.05, 3.63) is 23.8 Å². The van der Waals surface area contributed by atoms with Gasteiger partial charge in [0.2, 0.25) is 0 Å². The lowest BCUT2D eigenvalue weighted by atomic mass is 10.1. The van der Waals surface area contributed by atoms with Crippen LogP contribution in [-0.2, 0) is 6.54 Å². The van der Waals surface area contributed by atoms with E-state index in [0.717, 1.165) is 12.1 Å². The average Bonchev–Trinajstić information content (AvgIpc) is 3.21. The Kier molecular flexibility index (Phi) is 4.06. The lowest BCUT2D eigenvalue weighted by Gasteiger charge is -2.16. The molecule has 2 rings (SSSR count). The third kappa shape index (κ3) is 3.14. The summed E-state index contributed by atoms with van der Waals surface area (Å²) >= 11 is 0. The van der Waals surface area contributed by atoms with Crippen LogP contribution in [0.2, 0.25) is 0 Å². The van der Waals surface area contributed by atoms with Crippen LogP contribution in [-0.4, -0.2) is 19.3 Å². The molecule has 4 nitrogen and oxygen atoms in total. The van der Waals surface area contributed by atoms with Crippen LogP contribution in [0.4, 0.5) is 0 Å². The van der Waals surface area contributed by atoms with Crippen LogP contribution in [0.5, 0.6) is 11.5 Å². The Labute approximate surface area is 108 Å². The van der Waals surface area contributed by atoms with Crippen LogP contribution in [0.3, 0.4) is 0 Å². The molecule has 1 saturated carbocycles. The molecule has 0 radical (unpaired) electrons. The van der Waals surface area contributed by atoms with E-state index in [2.05, 4.69) is 11.4 Å². The van der Waals surface area contributed by atoms with Gasteiger partial charge in [0.1, 0.15) is 6.07 Å². The number of ether oxygens (including phenoxy) is 2. The highest BCUT2D eigenvalue weighted by molar-refractivity contribution is 5.47. The second-order valence-corrected chi connectivity index (χ2v) is 4.49. The Balaban J connectivity index is 2.16. The topological polar surface area (TPSA) is 54.3 Å². The highest BCUT2D eigenvalue weighted by Gasteiger charge is 2.21. The van der Waals surface area contributed by atoms with Crippen LogP contribution >= 0.6 is 0 Å². The summed E-state index contributed by atoms with van der Waals surface area (Å²) in [6, 6.07) is 8.49. The lowest BCUT2D eigenvalue weighted by molar-refractivity contribution is 0.256. The molecule has 1 aliphatic carbocycles. The minimum atomic E-state index is -0.485. The summed E-state index contributed by atoms with van der Waals surface area (Å²) in [5.41, 5.74) is 1.03. The normalized spacial score (nSPS) is 15.8. The van der Waals surface area contributed by atoms with E-state index in [0.29, 0.717) is 17.5 Å². The molecule has 1 unspecified atom stereocenters. The highest BCUT2D eigenvalue weighted by atomic mass is 16.5. The monoisotopic (exact) mass is 246 g/mol. The standard InChI is InChI=1S/C14H18N2O2/c1-10(8-15)18-14-11(9-16-12-6-7-12)4-3-5-13(14)17-2/h3-5,10,12,16H,6-7,9H2,1-2H3. The second-order valence-electron chi connectivity index (χ2n) is 4.49. The number of rotatable bonds is 6. The molecule has 0 saturated heterocycles. The smallest absolute Gasteiger partial charge is 0.181 e. The molecule has 0 aliphatic heterocycles. The van der Waals surface area contributed by atoms with Crippen LogP contribution in [0, 0.1) is 11.3 Å². The molecule has 1 aromatic carbocycles. The maximum absolute atomic E-state index is 8.85. The number of nitrogens with zero attached hydrogens (tertiary/aromatic N) is 1. The number of hydrogen-bond donors (Lipinski definition) is 1. The Morgan fingerprint density at radius 3 is 2.89 bits per heavy atom. The van der Waals surface area contributed by atoms with Gasteiger partial charge in [0, 0.05) is 18.2 Å². The summed E-state index contributed by atoms with van der Waals surface area (Å²) in [5.74, 6) is 1.34. The van der Waals surface area contributed by atoms with Crippen molar-refractivity contribution in [1.29, 1.82) is 5.26 Å². The van der Waals surface area contributed by atoms with Gasteiger partial charge in [-0.3, -0.25) is 0 Å². The third-order valence-corrected chi connectivity index (χ3v) is 2.92. The van der Waals surface area contributed by atoms with Crippen molar-refractivity contribution in [3.8, 4) is 17.6 Å². The van der Waals surface area contributed by atoms with Crippen molar-refractivity contribution >= 4 is 0 Å². The number of hydrogen-bond acceptors (Lipinski definition) is 4. The molecule has 1 aromatic rings. The highest BCUT2D eigenvalue weighted by Crippen LogP contribution is 2.32. The predicted molar refractivity (Wildman–Crippen MR) is 68.6 cm³/mol. The van der Waals surface area contributed by atoms with Crippen molar-refractivity contribution < 1.29 is 9.47 Å². The number of benzene rings is 1. The molecule has 18 heavy (non-hydrogen) atoms. The molecule has 1 aliphatic rings. The van der Waals surface area contributed by atoms with Gasteiger partial charge < -0.3 is 14.8 Å². The van der Waals surface area contributed by atoms with Gasteiger partial charge in [0.15, 0.2) is 17.6 Å². The zero-order valence-corrected chi connectivity index (χ0v) is 10.8. The molecule has 1 atom stereocenters. The summed E-state index contributed by atoms with van der Waals surface area (Å²) in [4.78, 5) is 0. The van der Waals surface area contributed by atoms with E-state index in [1.807, 2.05) is 18.2 Å². The summed E-state index contributed by atoms with van der Waals surface area (Å²) < 4.78 is 10.9. The molecule has 0 heterocycles. The average molecular weight is 246 g/mol. The van der Waals surface area contributed by atoms with Crippen LogP contribution in [0.15, 0.2) is 18.2 Å². The van der Waals surface area contributed by atoms with Gasteiger partial charge in [0.05, 0.1) is 7.11 Å². The molecular weight excluding hydrogens is 228 g/mol. The fraction of sp³-hybridized carbons (Fsp3) is 0.500. The number of methoxy groups -OCH3 is 1. The van der Waals surface area contributed by atoms with E-state index in [9.17, 15) is 0 Å². The molecule has 0 amide bonds. The van der Waals surface area contributed by atoms with Gasteiger partial charge in [0.25, 0.3) is 0 Å². The van der Waals surface area contributed by atoms with Gasteiger partial charge in [-0.05, 0) is 25.8 Å². The van der Waals surface area contributed by atoms with E-state index in [1.165, 1.54) is 12.8 Å². The Morgan fingerprint density at radius 1 is 1.50 bits per heavy atom. The number of nitriles is 1. The SMILES string of the molecule is COc1cccc(CNC2CC2)c1OC(C)C#N. The first kappa shape index (κ1) is 12.7. The van der Waals surface area contributed by atoms with Gasteiger partial charge in [-0.2, -0.15) is 5.26 Å². The van der Waals surface area contributed by atoms with Crippen LogP contribution in [0.25, 0.3) is 0 Å². The fourth-order valence-corrected chi connectivity index (χ4v) is 1.74. The largest absolute Gasteiger partial charge is 0.493 e. The van der Waals surface area contributed by atoms with E-state index >= 15 is 0 Å². The Bertz CT molecular complexity index is 450. The summed E-state index contributed by atoms with van der Waals surface area (Å²) in [6.07, 6.45) is 2.00. The van der Waals surface area contributed by atoms with E-state index < -0.39 is 6.10 Å². The van der Waals surface area contributed by atoms with Gasteiger partial charge in [-0.1, -0.05) is 12.1 Å². The van der Waals surface area contributed by atoms with Crippen molar-refractivity contribution in [2.45, 2.75) is 38.5 Å². The van der Waals surface area contributed by atoms with Crippen molar-refractivity contribution in [1.82, 2.24) is 5.32 Å². The molecular formula is C14H18N2O2. The van der Waals surface area contributed by atoms with Gasteiger partial charge in [-0.15, -0.1) is 0 Å². The fourth-order valence-electron chi connectivity index (χ4n) is 1.74. The molecule has 0 bridgehead atoms. The first-order valence-corrected chi connectivity index (χ1v) is 6.20. The minimum Gasteiger partial charge on any atom is -0.493 e. The van der Waals surface area contributed by atoms with Crippen molar-refractivity contribution in [2.75, 3.05) is 7.11 Å². The Hall–Kier alpha value is -1.73. The van der Waals surface area contributed by atoms with Crippen LogP contribution in [0.1, 0.15) is 25.3 Å². The van der Waals surface area contributed by atoms with Crippen LogP contribution < -0.4 is 14.8 Å². The molecule has 1 N–H and O–H groups in total. The Morgan fingerprint density at radius 2 is 2.28 bits per heavy atom. The summed E-state index contributed by atoms with van der Waals surface area (Å²) in [6.45, 7) is 2.47. The molecule has 0 spiro atoms. The molecule has 0 aromatic heterocycles. The first-order valence-electron chi connectivity index (χ1n) is 6.20. The third-order valence-electron chi connectivity index (χ3n) is 2.92.